The lowest BCUT2D eigenvalue weighted by atomic mass is 10.1. The molecule has 27 heavy (non-hydrogen) atoms. The number of piperazine rings is 1. The topological polar surface area (TPSA) is 59.3 Å². The fourth-order valence-corrected chi connectivity index (χ4v) is 3.01. The first-order valence-corrected chi connectivity index (χ1v) is 8.40. The third-order valence-corrected chi connectivity index (χ3v) is 4.49. The minimum Gasteiger partial charge on any atom is -0.368 e. The minimum atomic E-state index is -4.55. The van der Waals surface area contributed by atoms with Crippen LogP contribution in [0.5, 0.6) is 0 Å². The lowest BCUT2D eigenvalue weighted by Crippen LogP contribution is -2.47. The molecule has 9 heteroatoms. The number of rotatable bonds is 3. The Kier molecular flexibility index (Phi) is 5.08. The predicted molar refractivity (Wildman–Crippen MR) is 96.9 cm³/mol. The van der Waals surface area contributed by atoms with E-state index >= 15 is 0 Å². The molecule has 0 saturated carbocycles. The molecule has 1 fully saturated rings. The molecule has 0 aliphatic carbocycles. The number of hydrogen-bond donors (Lipinski definition) is 0. The molecule has 1 aliphatic rings. The average molecular weight is 376 g/mol. The summed E-state index contributed by atoms with van der Waals surface area (Å²) in [6.07, 6.45) is -3.04. The predicted octanol–water partition coefficient (Wildman–Crippen LogP) is 2.76. The Hall–Kier alpha value is -3.02. The number of nitrogens with zero attached hydrogens (tertiary/aromatic N) is 6. The van der Waals surface area contributed by atoms with Gasteiger partial charge in [-0.1, -0.05) is 0 Å². The minimum absolute atomic E-state index is 0.359. The van der Waals surface area contributed by atoms with Gasteiger partial charge < -0.3 is 14.7 Å². The van der Waals surface area contributed by atoms with E-state index in [4.69, 9.17) is 5.26 Å². The summed E-state index contributed by atoms with van der Waals surface area (Å²) in [4.78, 5) is 14.3. The van der Waals surface area contributed by atoms with Gasteiger partial charge in [-0.25, -0.2) is 9.97 Å². The Morgan fingerprint density at radius 1 is 1.04 bits per heavy atom. The molecule has 3 rings (SSSR count). The van der Waals surface area contributed by atoms with Crippen LogP contribution in [-0.4, -0.2) is 50.2 Å². The van der Waals surface area contributed by atoms with Gasteiger partial charge in [0, 0.05) is 52.0 Å². The molecule has 0 radical (unpaired) electrons. The van der Waals surface area contributed by atoms with Gasteiger partial charge in [0.1, 0.15) is 18.0 Å². The van der Waals surface area contributed by atoms with Crippen molar-refractivity contribution in [1.82, 2.24) is 9.97 Å². The van der Waals surface area contributed by atoms with E-state index in [-0.39, 0.29) is 5.56 Å². The highest BCUT2D eigenvalue weighted by molar-refractivity contribution is 5.56. The van der Waals surface area contributed by atoms with Gasteiger partial charge in [0.2, 0.25) is 0 Å². The zero-order valence-corrected chi connectivity index (χ0v) is 15.0. The molecule has 0 atom stereocenters. The van der Waals surface area contributed by atoms with Gasteiger partial charge in [0.25, 0.3) is 0 Å². The van der Waals surface area contributed by atoms with Crippen LogP contribution in [0.15, 0.2) is 30.6 Å². The zero-order chi connectivity index (χ0) is 19.6. The normalized spacial score (nSPS) is 14.8. The van der Waals surface area contributed by atoms with Crippen molar-refractivity contribution in [3.05, 3.63) is 41.7 Å². The smallest absolute Gasteiger partial charge is 0.368 e. The number of hydrogen-bond acceptors (Lipinski definition) is 6. The molecule has 6 nitrogen and oxygen atoms in total. The molecule has 2 heterocycles. The molecule has 2 aromatic rings. The molecule has 0 N–H and O–H groups in total. The van der Waals surface area contributed by atoms with Crippen LogP contribution >= 0.6 is 0 Å². The highest BCUT2D eigenvalue weighted by Gasteiger charge is 2.34. The van der Waals surface area contributed by atoms with Gasteiger partial charge in [-0.2, -0.15) is 18.4 Å². The lowest BCUT2D eigenvalue weighted by molar-refractivity contribution is -0.137. The fraction of sp³-hybridized carbons (Fsp3) is 0.389. The summed E-state index contributed by atoms with van der Waals surface area (Å²) >= 11 is 0. The summed E-state index contributed by atoms with van der Waals surface area (Å²) in [5.74, 6) is 1.59. The summed E-state index contributed by atoms with van der Waals surface area (Å²) in [5, 5.41) is 8.92. The van der Waals surface area contributed by atoms with E-state index in [0.717, 1.165) is 17.7 Å². The largest absolute Gasteiger partial charge is 0.417 e. The average Bonchev–Trinajstić information content (AvgIpc) is 2.67. The van der Waals surface area contributed by atoms with Crippen molar-refractivity contribution in [1.29, 1.82) is 5.26 Å². The molecule has 142 valence electrons. The van der Waals surface area contributed by atoms with Crippen molar-refractivity contribution in [3.63, 3.8) is 0 Å². The summed E-state index contributed by atoms with van der Waals surface area (Å²) < 4.78 is 39.5. The number of aromatic nitrogens is 2. The first kappa shape index (κ1) is 18.8. The standard InChI is InChI=1S/C18H19F3N6/c1-25(2)16-10-17(24-12-23-16)27-7-5-26(6-8-27)14-4-3-13(11-22)15(9-14)18(19,20)21/h3-4,9-10,12H,5-8H2,1-2H3. The number of alkyl halides is 3. The van der Waals surface area contributed by atoms with Crippen molar-refractivity contribution in [3.8, 4) is 6.07 Å². The van der Waals surface area contributed by atoms with Crippen LogP contribution in [0, 0.1) is 11.3 Å². The molecule has 1 aliphatic heterocycles. The highest BCUT2D eigenvalue weighted by Crippen LogP contribution is 2.34. The Morgan fingerprint density at radius 2 is 1.70 bits per heavy atom. The van der Waals surface area contributed by atoms with Gasteiger partial charge in [-0.05, 0) is 18.2 Å². The fourth-order valence-electron chi connectivity index (χ4n) is 3.01. The van der Waals surface area contributed by atoms with Crippen LogP contribution in [0.1, 0.15) is 11.1 Å². The second-order valence-corrected chi connectivity index (χ2v) is 6.44. The molecule has 1 saturated heterocycles. The van der Waals surface area contributed by atoms with E-state index in [2.05, 4.69) is 14.9 Å². The van der Waals surface area contributed by atoms with Gasteiger partial charge in [0.05, 0.1) is 17.2 Å². The zero-order valence-electron chi connectivity index (χ0n) is 15.0. The van der Waals surface area contributed by atoms with Crippen molar-refractivity contribution in [2.75, 3.05) is 55.0 Å². The lowest BCUT2D eigenvalue weighted by Gasteiger charge is -2.37. The molecule has 1 aromatic heterocycles. The van der Waals surface area contributed by atoms with E-state index < -0.39 is 11.7 Å². The summed E-state index contributed by atoms with van der Waals surface area (Å²) in [6, 6.07) is 7.36. The molecule has 0 bridgehead atoms. The number of benzene rings is 1. The molecular formula is C18H19F3N6. The Bertz CT molecular complexity index is 851. The maximum atomic E-state index is 13.2. The summed E-state index contributed by atoms with van der Waals surface area (Å²) in [7, 11) is 3.79. The number of anilines is 3. The van der Waals surface area contributed by atoms with Crippen LogP contribution in [0.3, 0.4) is 0 Å². The molecule has 1 aromatic carbocycles. The Balaban J connectivity index is 1.75. The second-order valence-electron chi connectivity index (χ2n) is 6.44. The van der Waals surface area contributed by atoms with Crippen molar-refractivity contribution < 1.29 is 13.2 Å². The van der Waals surface area contributed by atoms with Crippen molar-refractivity contribution >= 4 is 17.3 Å². The van der Waals surface area contributed by atoms with Crippen molar-refractivity contribution in [2.24, 2.45) is 0 Å². The highest BCUT2D eigenvalue weighted by atomic mass is 19.4. The number of nitriles is 1. The summed E-state index contributed by atoms with van der Waals surface area (Å²) in [5.41, 5.74) is -0.781. The maximum absolute atomic E-state index is 13.2. The Labute approximate surface area is 155 Å². The van der Waals surface area contributed by atoms with E-state index in [9.17, 15) is 13.2 Å². The van der Waals surface area contributed by atoms with Crippen LogP contribution in [-0.2, 0) is 6.18 Å². The molecular weight excluding hydrogens is 357 g/mol. The first-order chi connectivity index (χ1) is 12.8. The second kappa shape index (κ2) is 7.31. The van der Waals surface area contributed by atoms with Crippen molar-refractivity contribution in [2.45, 2.75) is 6.18 Å². The SMILES string of the molecule is CN(C)c1cc(N2CCN(c3ccc(C#N)c(C(F)(F)F)c3)CC2)ncn1. The van der Waals surface area contributed by atoms with E-state index in [0.29, 0.717) is 31.9 Å². The quantitative estimate of drug-likeness (QED) is 0.821. The molecule has 0 spiro atoms. The van der Waals surface area contributed by atoms with Crippen LogP contribution in [0.4, 0.5) is 30.5 Å². The monoisotopic (exact) mass is 376 g/mol. The first-order valence-electron chi connectivity index (χ1n) is 8.40. The molecule has 0 unspecified atom stereocenters. The van der Waals surface area contributed by atoms with Crippen LogP contribution < -0.4 is 14.7 Å². The Morgan fingerprint density at radius 3 is 2.30 bits per heavy atom. The van der Waals surface area contributed by atoms with Gasteiger partial charge >= 0.3 is 6.18 Å². The maximum Gasteiger partial charge on any atom is 0.417 e. The van der Waals surface area contributed by atoms with Crippen LogP contribution in [0.2, 0.25) is 0 Å². The van der Waals surface area contributed by atoms with E-state index in [1.807, 2.05) is 30.0 Å². The summed E-state index contributed by atoms with van der Waals surface area (Å²) in [6.45, 7) is 2.38. The number of halogens is 3. The van der Waals surface area contributed by atoms with Gasteiger partial charge in [-0.3, -0.25) is 0 Å². The third-order valence-electron chi connectivity index (χ3n) is 4.49. The van der Waals surface area contributed by atoms with Gasteiger partial charge in [-0.15, -0.1) is 0 Å². The van der Waals surface area contributed by atoms with E-state index in [1.165, 1.54) is 12.4 Å². The van der Waals surface area contributed by atoms with Crippen LogP contribution in [0.25, 0.3) is 0 Å². The molecule has 0 amide bonds. The van der Waals surface area contributed by atoms with E-state index in [1.54, 1.807) is 12.1 Å². The van der Waals surface area contributed by atoms with Gasteiger partial charge in [0.15, 0.2) is 0 Å². The third kappa shape index (κ3) is 4.05.